The third-order valence-corrected chi connectivity index (χ3v) is 3.42. The SMILES string of the molecule is CC(C(=O)Nc1ccccc1CN)N(C)CC(=O)N(C)C. The van der Waals surface area contributed by atoms with Crippen molar-refractivity contribution in [3.05, 3.63) is 29.8 Å². The molecule has 0 aliphatic rings. The molecule has 0 saturated heterocycles. The van der Waals surface area contributed by atoms with Crippen molar-refractivity contribution in [2.45, 2.75) is 19.5 Å². The van der Waals surface area contributed by atoms with Gasteiger partial charge in [0.2, 0.25) is 11.8 Å². The number of likely N-dealkylation sites (N-methyl/N-ethyl adjacent to an activating group) is 2. The van der Waals surface area contributed by atoms with Crippen LogP contribution in [-0.2, 0) is 16.1 Å². The highest BCUT2D eigenvalue weighted by molar-refractivity contribution is 5.95. The van der Waals surface area contributed by atoms with Crippen LogP contribution in [0.15, 0.2) is 24.3 Å². The lowest BCUT2D eigenvalue weighted by atomic mass is 10.1. The minimum Gasteiger partial charge on any atom is -0.348 e. The summed E-state index contributed by atoms with van der Waals surface area (Å²) < 4.78 is 0. The maximum absolute atomic E-state index is 12.3. The van der Waals surface area contributed by atoms with Crippen molar-refractivity contribution in [1.82, 2.24) is 9.80 Å². The molecule has 21 heavy (non-hydrogen) atoms. The fraction of sp³-hybridized carbons (Fsp3) is 0.467. The van der Waals surface area contributed by atoms with Crippen LogP contribution >= 0.6 is 0 Å². The van der Waals surface area contributed by atoms with Gasteiger partial charge in [-0.25, -0.2) is 0 Å². The van der Waals surface area contributed by atoms with E-state index in [9.17, 15) is 9.59 Å². The molecule has 1 unspecified atom stereocenters. The van der Waals surface area contributed by atoms with Crippen LogP contribution < -0.4 is 11.1 Å². The molecule has 0 aliphatic carbocycles. The number of nitrogens with zero attached hydrogens (tertiary/aromatic N) is 2. The lowest BCUT2D eigenvalue weighted by Gasteiger charge is -2.25. The van der Waals surface area contributed by atoms with Gasteiger partial charge in [0.1, 0.15) is 0 Å². The summed E-state index contributed by atoms with van der Waals surface area (Å²) in [6.07, 6.45) is 0. The Morgan fingerprint density at radius 1 is 1.24 bits per heavy atom. The van der Waals surface area contributed by atoms with Gasteiger partial charge in [-0.15, -0.1) is 0 Å². The topological polar surface area (TPSA) is 78.7 Å². The fourth-order valence-electron chi connectivity index (χ4n) is 1.75. The van der Waals surface area contributed by atoms with E-state index in [1.807, 2.05) is 24.3 Å². The van der Waals surface area contributed by atoms with Gasteiger partial charge in [-0.05, 0) is 25.6 Å². The molecular weight excluding hydrogens is 268 g/mol. The number of amides is 2. The lowest BCUT2D eigenvalue weighted by molar-refractivity contribution is -0.131. The summed E-state index contributed by atoms with van der Waals surface area (Å²) in [5, 5.41) is 2.86. The first-order chi connectivity index (χ1) is 9.86. The predicted octanol–water partition coefficient (Wildman–Crippen LogP) is 0.492. The first-order valence-electron chi connectivity index (χ1n) is 6.86. The van der Waals surface area contributed by atoms with E-state index in [1.165, 1.54) is 4.90 Å². The van der Waals surface area contributed by atoms with Crippen LogP contribution in [0, 0.1) is 0 Å². The summed E-state index contributed by atoms with van der Waals surface area (Å²) in [6.45, 7) is 2.32. The molecule has 0 saturated carbocycles. The van der Waals surface area contributed by atoms with Gasteiger partial charge in [0.25, 0.3) is 0 Å². The number of rotatable bonds is 6. The van der Waals surface area contributed by atoms with Gasteiger partial charge in [-0.2, -0.15) is 0 Å². The van der Waals surface area contributed by atoms with Crippen molar-refractivity contribution < 1.29 is 9.59 Å². The van der Waals surface area contributed by atoms with Crippen molar-refractivity contribution in [2.24, 2.45) is 5.73 Å². The quantitative estimate of drug-likeness (QED) is 0.800. The molecule has 0 aromatic heterocycles. The van der Waals surface area contributed by atoms with Gasteiger partial charge >= 0.3 is 0 Å². The third kappa shape index (κ3) is 4.84. The van der Waals surface area contributed by atoms with Crippen LogP contribution in [0.2, 0.25) is 0 Å². The van der Waals surface area contributed by atoms with E-state index in [-0.39, 0.29) is 18.4 Å². The molecule has 0 aliphatic heterocycles. The van der Waals surface area contributed by atoms with Crippen LogP contribution in [0.25, 0.3) is 0 Å². The molecule has 6 nitrogen and oxygen atoms in total. The summed E-state index contributed by atoms with van der Waals surface area (Å²) >= 11 is 0. The highest BCUT2D eigenvalue weighted by Crippen LogP contribution is 2.15. The minimum atomic E-state index is -0.417. The maximum Gasteiger partial charge on any atom is 0.241 e. The normalized spacial score (nSPS) is 12.1. The van der Waals surface area contributed by atoms with Crippen molar-refractivity contribution in [3.63, 3.8) is 0 Å². The average Bonchev–Trinajstić information content (AvgIpc) is 2.46. The van der Waals surface area contributed by atoms with Crippen molar-refractivity contribution in [2.75, 3.05) is 33.0 Å². The van der Waals surface area contributed by atoms with E-state index in [0.29, 0.717) is 12.2 Å². The Hall–Kier alpha value is -1.92. The van der Waals surface area contributed by atoms with E-state index in [2.05, 4.69) is 5.32 Å². The number of benzene rings is 1. The molecule has 0 radical (unpaired) electrons. The number of nitrogens with two attached hydrogens (primary N) is 1. The number of hydrogen-bond donors (Lipinski definition) is 2. The number of anilines is 1. The molecule has 1 aromatic rings. The summed E-state index contributed by atoms with van der Waals surface area (Å²) in [6, 6.07) is 7.00. The molecule has 2 amide bonds. The Bertz CT molecular complexity index is 502. The van der Waals surface area contributed by atoms with E-state index >= 15 is 0 Å². The molecule has 116 valence electrons. The number of para-hydroxylation sites is 1. The highest BCUT2D eigenvalue weighted by Gasteiger charge is 2.21. The molecule has 3 N–H and O–H groups in total. The Kier molecular flexibility index (Phi) is 6.33. The summed E-state index contributed by atoms with van der Waals surface area (Å²) in [4.78, 5) is 27.1. The maximum atomic E-state index is 12.3. The lowest BCUT2D eigenvalue weighted by Crippen LogP contribution is -2.44. The average molecular weight is 292 g/mol. The second-order valence-electron chi connectivity index (χ2n) is 5.23. The molecular formula is C15H24N4O2. The van der Waals surface area contributed by atoms with Crippen molar-refractivity contribution in [3.8, 4) is 0 Å². The molecule has 0 fully saturated rings. The third-order valence-electron chi connectivity index (χ3n) is 3.42. The fourth-order valence-corrected chi connectivity index (χ4v) is 1.75. The second kappa shape index (κ2) is 7.75. The molecule has 0 heterocycles. The molecule has 1 atom stereocenters. The number of nitrogens with one attached hydrogen (secondary N) is 1. The van der Waals surface area contributed by atoms with Gasteiger partial charge < -0.3 is 16.0 Å². The van der Waals surface area contributed by atoms with Crippen LogP contribution in [0.1, 0.15) is 12.5 Å². The van der Waals surface area contributed by atoms with Crippen LogP contribution in [0.4, 0.5) is 5.69 Å². The number of hydrogen-bond acceptors (Lipinski definition) is 4. The number of carbonyl (C=O) groups excluding carboxylic acids is 2. The van der Waals surface area contributed by atoms with Crippen LogP contribution in [-0.4, -0.2) is 55.3 Å². The Morgan fingerprint density at radius 3 is 2.43 bits per heavy atom. The zero-order valence-electron chi connectivity index (χ0n) is 13.1. The molecule has 1 aromatic carbocycles. The van der Waals surface area contributed by atoms with E-state index in [4.69, 9.17) is 5.73 Å². The Morgan fingerprint density at radius 2 is 1.86 bits per heavy atom. The highest BCUT2D eigenvalue weighted by atomic mass is 16.2. The smallest absolute Gasteiger partial charge is 0.241 e. The van der Waals surface area contributed by atoms with E-state index < -0.39 is 6.04 Å². The van der Waals surface area contributed by atoms with Crippen molar-refractivity contribution in [1.29, 1.82) is 0 Å². The molecule has 6 heteroatoms. The largest absolute Gasteiger partial charge is 0.348 e. The monoisotopic (exact) mass is 292 g/mol. The first kappa shape index (κ1) is 17.1. The van der Waals surface area contributed by atoms with Crippen LogP contribution in [0.5, 0.6) is 0 Å². The Labute approximate surface area is 125 Å². The van der Waals surface area contributed by atoms with Crippen molar-refractivity contribution >= 4 is 17.5 Å². The first-order valence-corrected chi connectivity index (χ1v) is 6.86. The number of carbonyl (C=O) groups is 2. The summed E-state index contributed by atoms with van der Waals surface area (Å²) in [5.74, 6) is -0.204. The van der Waals surface area contributed by atoms with E-state index in [0.717, 1.165) is 5.56 Å². The van der Waals surface area contributed by atoms with Gasteiger partial charge in [0.05, 0.1) is 12.6 Å². The van der Waals surface area contributed by atoms with Crippen LogP contribution in [0.3, 0.4) is 0 Å². The zero-order valence-corrected chi connectivity index (χ0v) is 13.1. The molecule has 1 rings (SSSR count). The van der Waals surface area contributed by atoms with Gasteiger partial charge in [0, 0.05) is 26.3 Å². The second-order valence-corrected chi connectivity index (χ2v) is 5.23. The molecule has 0 spiro atoms. The standard InChI is InChI=1S/C15H24N4O2/c1-11(19(4)10-14(20)18(2)3)15(21)17-13-8-6-5-7-12(13)9-16/h5-8,11H,9-10,16H2,1-4H3,(H,17,21). The van der Waals surface area contributed by atoms with Gasteiger partial charge in [-0.3, -0.25) is 14.5 Å². The van der Waals surface area contributed by atoms with E-state index in [1.54, 1.807) is 33.0 Å². The summed E-state index contributed by atoms with van der Waals surface area (Å²) in [7, 11) is 5.14. The van der Waals surface area contributed by atoms with Gasteiger partial charge in [-0.1, -0.05) is 18.2 Å². The van der Waals surface area contributed by atoms with Gasteiger partial charge in [0.15, 0.2) is 0 Å². The minimum absolute atomic E-state index is 0.0421. The zero-order chi connectivity index (χ0) is 16.0. The Balaban J connectivity index is 2.68. The summed E-state index contributed by atoms with van der Waals surface area (Å²) in [5.41, 5.74) is 7.24. The predicted molar refractivity (Wildman–Crippen MR) is 83.7 cm³/mol. The molecule has 0 bridgehead atoms.